The van der Waals surface area contributed by atoms with Gasteiger partial charge >= 0.3 is 0 Å². The van der Waals surface area contributed by atoms with E-state index >= 15 is 0 Å². The molecule has 3 rings (SSSR count). The summed E-state index contributed by atoms with van der Waals surface area (Å²) in [5.74, 6) is -0.136. The number of thiazole rings is 2. The van der Waals surface area contributed by atoms with E-state index < -0.39 is 0 Å². The number of hydrogen-bond acceptors (Lipinski definition) is 6. The Morgan fingerprint density at radius 2 is 2.04 bits per heavy atom. The molecule has 0 aromatic carbocycles. The molecule has 0 bridgehead atoms. The summed E-state index contributed by atoms with van der Waals surface area (Å²) < 4.78 is 1.70. The average Bonchev–Trinajstić information content (AvgIpc) is 3.17. The molecule has 0 aliphatic rings. The second kappa shape index (κ2) is 6.38. The van der Waals surface area contributed by atoms with E-state index in [1.807, 2.05) is 31.5 Å². The summed E-state index contributed by atoms with van der Waals surface area (Å²) in [7, 11) is 0. The van der Waals surface area contributed by atoms with E-state index in [0.29, 0.717) is 21.0 Å². The predicted molar refractivity (Wildman–Crippen MR) is 92.9 cm³/mol. The molecule has 3 heterocycles. The predicted octanol–water partition coefficient (Wildman–Crippen LogP) is 3.55. The SMILES string of the molecule is Cc1csc(NC(=O)Cc2csc(-n3nc(C)c(Cl)c3C)n2)n1. The van der Waals surface area contributed by atoms with Crippen molar-refractivity contribution in [3.63, 3.8) is 0 Å². The third-order valence-corrected chi connectivity index (χ3v) is 5.42. The van der Waals surface area contributed by atoms with Crippen LogP contribution in [0.5, 0.6) is 0 Å². The van der Waals surface area contributed by atoms with Crippen LogP contribution < -0.4 is 5.32 Å². The van der Waals surface area contributed by atoms with Crippen molar-refractivity contribution in [3.8, 4) is 5.13 Å². The first-order valence-corrected chi connectivity index (χ1v) is 8.96. The lowest BCUT2D eigenvalue weighted by Crippen LogP contribution is -2.14. The van der Waals surface area contributed by atoms with Gasteiger partial charge in [-0.3, -0.25) is 4.79 Å². The van der Waals surface area contributed by atoms with Gasteiger partial charge in [-0.2, -0.15) is 5.10 Å². The normalized spacial score (nSPS) is 11.0. The topological polar surface area (TPSA) is 72.7 Å². The third kappa shape index (κ3) is 3.44. The Hall–Kier alpha value is -1.77. The molecule has 1 N–H and O–H groups in total. The molecular weight excluding hydrogens is 354 g/mol. The molecule has 3 aromatic heterocycles. The Labute approximate surface area is 146 Å². The number of nitrogens with one attached hydrogen (secondary N) is 1. The molecule has 0 fully saturated rings. The van der Waals surface area contributed by atoms with Gasteiger partial charge in [0.15, 0.2) is 5.13 Å². The number of halogens is 1. The van der Waals surface area contributed by atoms with Gasteiger partial charge in [0.25, 0.3) is 0 Å². The van der Waals surface area contributed by atoms with Crippen LogP contribution in [0, 0.1) is 20.8 Å². The maximum Gasteiger partial charge on any atom is 0.232 e. The van der Waals surface area contributed by atoms with Crippen molar-refractivity contribution >= 4 is 45.3 Å². The van der Waals surface area contributed by atoms with Gasteiger partial charge < -0.3 is 5.32 Å². The van der Waals surface area contributed by atoms with Gasteiger partial charge in [0.2, 0.25) is 11.0 Å². The number of aromatic nitrogens is 4. The fraction of sp³-hybridized carbons (Fsp3) is 0.286. The van der Waals surface area contributed by atoms with Crippen molar-refractivity contribution in [3.05, 3.63) is 38.6 Å². The van der Waals surface area contributed by atoms with Crippen molar-refractivity contribution in [1.82, 2.24) is 19.7 Å². The van der Waals surface area contributed by atoms with Gasteiger partial charge in [0.1, 0.15) is 0 Å². The van der Waals surface area contributed by atoms with Gasteiger partial charge in [-0.1, -0.05) is 11.6 Å². The highest BCUT2D eigenvalue weighted by atomic mass is 35.5. The van der Waals surface area contributed by atoms with Crippen molar-refractivity contribution in [2.45, 2.75) is 27.2 Å². The Bertz CT molecular complexity index is 867. The van der Waals surface area contributed by atoms with Crippen molar-refractivity contribution in [1.29, 1.82) is 0 Å². The number of anilines is 1. The Balaban J connectivity index is 1.72. The van der Waals surface area contributed by atoms with E-state index in [2.05, 4.69) is 20.4 Å². The molecule has 0 atom stereocenters. The van der Waals surface area contributed by atoms with Gasteiger partial charge in [0.05, 0.1) is 34.2 Å². The first kappa shape index (κ1) is 16.1. The highest BCUT2D eigenvalue weighted by Gasteiger charge is 2.15. The Morgan fingerprint density at radius 1 is 1.26 bits per heavy atom. The van der Waals surface area contributed by atoms with Crippen LogP contribution in [0.1, 0.15) is 22.8 Å². The molecule has 1 amide bonds. The number of amides is 1. The van der Waals surface area contributed by atoms with Crippen molar-refractivity contribution < 1.29 is 4.79 Å². The molecule has 0 unspecified atom stereocenters. The molecule has 6 nitrogen and oxygen atoms in total. The van der Waals surface area contributed by atoms with E-state index in [1.165, 1.54) is 22.7 Å². The van der Waals surface area contributed by atoms with Crippen LogP contribution in [0.2, 0.25) is 5.02 Å². The van der Waals surface area contributed by atoms with E-state index in [4.69, 9.17) is 11.6 Å². The molecule has 0 saturated carbocycles. The largest absolute Gasteiger partial charge is 0.302 e. The highest BCUT2D eigenvalue weighted by molar-refractivity contribution is 7.14. The minimum atomic E-state index is -0.136. The van der Waals surface area contributed by atoms with E-state index in [1.54, 1.807) is 4.68 Å². The van der Waals surface area contributed by atoms with Crippen molar-refractivity contribution in [2.75, 3.05) is 5.32 Å². The lowest BCUT2D eigenvalue weighted by Gasteiger charge is -2.00. The van der Waals surface area contributed by atoms with Gasteiger partial charge in [-0.05, 0) is 20.8 Å². The number of carbonyl (C=O) groups excluding carboxylic acids is 1. The summed E-state index contributed by atoms with van der Waals surface area (Å²) >= 11 is 8.99. The number of rotatable bonds is 4. The number of hydrogen-bond donors (Lipinski definition) is 1. The Morgan fingerprint density at radius 3 is 2.65 bits per heavy atom. The fourth-order valence-corrected chi connectivity index (χ4v) is 3.67. The first-order valence-electron chi connectivity index (χ1n) is 6.82. The van der Waals surface area contributed by atoms with Crippen LogP contribution in [-0.4, -0.2) is 25.7 Å². The molecule has 0 radical (unpaired) electrons. The average molecular weight is 368 g/mol. The monoisotopic (exact) mass is 367 g/mol. The second-order valence-corrected chi connectivity index (χ2v) is 7.11. The van der Waals surface area contributed by atoms with Crippen LogP contribution in [0.15, 0.2) is 10.8 Å². The molecule has 0 spiro atoms. The third-order valence-electron chi connectivity index (χ3n) is 3.13. The standard InChI is InChI=1S/C14H14ClN5OS2/c1-7-5-22-13(16-7)18-11(21)4-10-6-23-14(17-10)20-9(3)12(15)8(2)19-20/h5-6H,4H2,1-3H3,(H,16,18,21). The molecular formula is C14H14ClN5OS2. The molecule has 3 aromatic rings. The Kier molecular flexibility index (Phi) is 4.47. The molecule has 0 saturated heterocycles. The zero-order chi connectivity index (χ0) is 16.6. The smallest absolute Gasteiger partial charge is 0.232 e. The lowest BCUT2D eigenvalue weighted by molar-refractivity contribution is -0.115. The minimum absolute atomic E-state index is 0.136. The molecule has 23 heavy (non-hydrogen) atoms. The van der Waals surface area contributed by atoms with E-state index in [-0.39, 0.29) is 12.3 Å². The zero-order valence-electron chi connectivity index (χ0n) is 12.8. The van der Waals surface area contributed by atoms with E-state index in [0.717, 1.165) is 17.1 Å². The maximum atomic E-state index is 12.0. The van der Waals surface area contributed by atoms with Gasteiger partial charge in [-0.15, -0.1) is 22.7 Å². The summed E-state index contributed by atoms with van der Waals surface area (Å²) in [6.07, 6.45) is 0.197. The fourth-order valence-electron chi connectivity index (χ4n) is 2.02. The van der Waals surface area contributed by atoms with Crippen LogP contribution in [-0.2, 0) is 11.2 Å². The van der Waals surface area contributed by atoms with Gasteiger partial charge in [-0.25, -0.2) is 14.6 Å². The summed E-state index contributed by atoms with van der Waals surface area (Å²) in [5, 5.41) is 12.8. The summed E-state index contributed by atoms with van der Waals surface area (Å²) in [4.78, 5) is 20.7. The zero-order valence-corrected chi connectivity index (χ0v) is 15.1. The molecule has 9 heteroatoms. The van der Waals surface area contributed by atoms with Crippen molar-refractivity contribution in [2.24, 2.45) is 0 Å². The number of aryl methyl sites for hydroxylation is 2. The highest BCUT2D eigenvalue weighted by Crippen LogP contribution is 2.24. The minimum Gasteiger partial charge on any atom is -0.302 e. The number of nitrogens with zero attached hydrogens (tertiary/aromatic N) is 4. The number of carbonyl (C=O) groups is 1. The molecule has 0 aliphatic carbocycles. The van der Waals surface area contributed by atoms with Crippen LogP contribution in [0.25, 0.3) is 5.13 Å². The molecule has 0 aliphatic heterocycles. The summed E-state index contributed by atoms with van der Waals surface area (Å²) in [5.41, 5.74) is 3.19. The molecule has 120 valence electrons. The van der Waals surface area contributed by atoms with Crippen LogP contribution in [0.3, 0.4) is 0 Å². The second-order valence-electron chi connectivity index (χ2n) is 5.04. The van der Waals surface area contributed by atoms with Crippen LogP contribution >= 0.6 is 34.3 Å². The lowest BCUT2D eigenvalue weighted by atomic mass is 10.3. The van der Waals surface area contributed by atoms with Gasteiger partial charge in [0, 0.05) is 10.8 Å². The summed E-state index contributed by atoms with van der Waals surface area (Å²) in [6, 6.07) is 0. The first-order chi connectivity index (χ1) is 10.9. The quantitative estimate of drug-likeness (QED) is 0.765. The van der Waals surface area contributed by atoms with E-state index in [9.17, 15) is 4.79 Å². The summed E-state index contributed by atoms with van der Waals surface area (Å²) in [6.45, 7) is 5.63. The maximum absolute atomic E-state index is 12.0. The van der Waals surface area contributed by atoms with Crippen LogP contribution in [0.4, 0.5) is 5.13 Å².